The number of methoxy groups -OCH3 is 1. The molecule has 2 rings (SSSR count). The molecule has 0 radical (unpaired) electrons. The van der Waals surface area contributed by atoms with Crippen LogP contribution in [0.4, 0.5) is 5.69 Å². The maximum atomic E-state index is 12.4. The number of hydrogen-bond acceptors (Lipinski definition) is 4. The van der Waals surface area contributed by atoms with Crippen molar-refractivity contribution < 1.29 is 13.2 Å². The van der Waals surface area contributed by atoms with Gasteiger partial charge in [-0.2, -0.15) is 5.26 Å². The third kappa shape index (κ3) is 3.45. The van der Waals surface area contributed by atoms with Gasteiger partial charge >= 0.3 is 0 Å². The van der Waals surface area contributed by atoms with Gasteiger partial charge < -0.3 is 4.74 Å². The van der Waals surface area contributed by atoms with E-state index in [-0.39, 0.29) is 21.2 Å². The van der Waals surface area contributed by atoms with E-state index in [1.165, 1.54) is 31.4 Å². The highest BCUT2D eigenvalue weighted by molar-refractivity contribution is 7.92. The normalized spacial score (nSPS) is 10.8. The molecule has 0 saturated heterocycles. The maximum absolute atomic E-state index is 12.4. The summed E-state index contributed by atoms with van der Waals surface area (Å²) in [6, 6.07) is 10.3. The van der Waals surface area contributed by atoms with Crippen LogP contribution in [0.5, 0.6) is 5.75 Å². The Morgan fingerprint density at radius 2 is 1.91 bits per heavy atom. The summed E-state index contributed by atoms with van der Waals surface area (Å²) in [6.07, 6.45) is 0. The van der Waals surface area contributed by atoms with E-state index in [0.29, 0.717) is 10.8 Å². The molecule has 0 heterocycles. The smallest absolute Gasteiger partial charge is 0.262 e. The predicted octanol–water partition coefficient (Wildman–Crippen LogP) is 3.67. The predicted molar refractivity (Wildman–Crippen MR) is 85.0 cm³/mol. The number of sulfonamides is 1. The van der Waals surface area contributed by atoms with Gasteiger partial charge in [0.05, 0.1) is 28.3 Å². The summed E-state index contributed by atoms with van der Waals surface area (Å²) < 4.78 is 32.2. The van der Waals surface area contributed by atoms with Gasteiger partial charge in [0.2, 0.25) is 0 Å². The first-order valence-corrected chi connectivity index (χ1v) is 8.17. The molecule has 0 aliphatic heterocycles. The number of nitrogens with zero attached hydrogens (tertiary/aromatic N) is 1. The van der Waals surface area contributed by atoms with Gasteiger partial charge in [0.25, 0.3) is 10.0 Å². The number of hydrogen-bond donors (Lipinski definition) is 1. The van der Waals surface area contributed by atoms with Crippen LogP contribution in [0.15, 0.2) is 41.3 Å². The van der Waals surface area contributed by atoms with Crippen LogP contribution in [0.2, 0.25) is 10.0 Å². The highest BCUT2D eigenvalue weighted by Gasteiger charge is 2.18. The van der Waals surface area contributed by atoms with Gasteiger partial charge in [0.15, 0.2) is 0 Å². The van der Waals surface area contributed by atoms with Crippen LogP contribution in [0.25, 0.3) is 0 Å². The van der Waals surface area contributed by atoms with E-state index in [4.69, 9.17) is 33.2 Å². The zero-order valence-electron chi connectivity index (χ0n) is 11.3. The molecule has 0 fully saturated rings. The molecule has 0 aliphatic carbocycles. The van der Waals surface area contributed by atoms with Gasteiger partial charge in [-0.3, -0.25) is 4.72 Å². The Balaban J connectivity index is 2.42. The monoisotopic (exact) mass is 356 g/mol. The van der Waals surface area contributed by atoms with Gasteiger partial charge in [-0.1, -0.05) is 23.2 Å². The molecule has 8 heteroatoms. The van der Waals surface area contributed by atoms with E-state index < -0.39 is 10.0 Å². The summed E-state index contributed by atoms with van der Waals surface area (Å²) in [6.45, 7) is 0. The van der Waals surface area contributed by atoms with Gasteiger partial charge in [0, 0.05) is 5.02 Å². The molecule has 0 unspecified atom stereocenters. The molecular formula is C14H10Cl2N2O3S. The molecule has 0 amide bonds. The van der Waals surface area contributed by atoms with Crippen molar-refractivity contribution in [2.75, 3.05) is 11.8 Å². The van der Waals surface area contributed by atoms with Crippen LogP contribution in [-0.4, -0.2) is 15.5 Å². The molecule has 5 nitrogen and oxygen atoms in total. The average molecular weight is 357 g/mol. The molecule has 22 heavy (non-hydrogen) atoms. The van der Waals surface area contributed by atoms with E-state index in [0.717, 1.165) is 0 Å². The number of ether oxygens (including phenoxy) is 1. The van der Waals surface area contributed by atoms with Crippen molar-refractivity contribution in [3.63, 3.8) is 0 Å². The van der Waals surface area contributed by atoms with Crippen molar-refractivity contribution >= 4 is 38.9 Å². The van der Waals surface area contributed by atoms with Gasteiger partial charge in [-0.05, 0) is 36.4 Å². The summed E-state index contributed by atoms with van der Waals surface area (Å²) >= 11 is 11.7. The molecule has 0 spiro atoms. The van der Waals surface area contributed by atoms with Crippen molar-refractivity contribution in [3.05, 3.63) is 52.0 Å². The molecule has 114 valence electrons. The second-order valence-corrected chi connectivity index (χ2v) is 6.73. The lowest BCUT2D eigenvalue weighted by Gasteiger charge is -2.12. The molecule has 2 aromatic rings. The van der Waals surface area contributed by atoms with Gasteiger partial charge in [0.1, 0.15) is 11.8 Å². The van der Waals surface area contributed by atoms with Gasteiger partial charge in [-0.15, -0.1) is 0 Å². The van der Waals surface area contributed by atoms with Crippen LogP contribution < -0.4 is 9.46 Å². The topological polar surface area (TPSA) is 79.2 Å². The van der Waals surface area contributed by atoms with E-state index in [1.807, 2.05) is 6.07 Å². The SMILES string of the molecule is COc1ccc(Cl)cc1NS(=O)(=O)c1ccc(C#N)c(Cl)c1. The first kappa shape index (κ1) is 16.4. The standard InChI is InChI=1S/C14H10Cl2N2O3S/c1-21-14-5-3-10(15)6-13(14)18-22(19,20)11-4-2-9(8-17)12(16)7-11/h2-7,18H,1H3. The minimum absolute atomic E-state index is 0.0587. The van der Waals surface area contributed by atoms with Crippen LogP contribution in [0.1, 0.15) is 5.56 Å². The Morgan fingerprint density at radius 3 is 2.50 bits per heavy atom. The molecular weight excluding hydrogens is 347 g/mol. The highest BCUT2D eigenvalue weighted by Crippen LogP contribution is 2.30. The van der Waals surface area contributed by atoms with Crippen molar-refractivity contribution in [1.82, 2.24) is 0 Å². The Hall–Kier alpha value is -1.94. The van der Waals surface area contributed by atoms with Crippen molar-refractivity contribution in [2.24, 2.45) is 0 Å². The maximum Gasteiger partial charge on any atom is 0.262 e. The first-order chi connectivity index (χ1) is 10.4. The second kappa shape index (κ2) is 6.44. The van der Waals surface area contributed by atoms with Crippen LogP contribution in [0.3, 0.4) is 0 Å². The molecule has 2 aromatic carbocycles. The summed E-state index contributed by atoms with van der Waals surface area (Å²) in [5.41, 5.74) is 0.399. The van der Waals surface area contributed by atoms with E-state index >= 15 is 0 Å². The molecule has 1 N–H and O–H groups in total. The van der Waals surface area contributed by atoms with Crippen LogP contribution >= 0.6 is 23.2 Å². The van der Waals surface area contributed by atoms with Gasteiger partial charge in [-0.25, -0.2) is 8.42 Å². The molecule has 0 atom stereocenters. The largest absolute Gasteiger partial charge is 0.495 e. The number of halogens is 2. The Labute approximate surface area is 138 Å². The number of rotatable bonds is 4. The fourth-order valence-corrected chi connectivity index (χ4v) is 3.26. The number of anilines is 1. The van der Waals surface area contributed by atoms with E-state index in [2.05, 4.69) is 4.72 Å². The molecule has 0 aliphatic rings. The molecule has 0 bridgehead atoms. The highest BCUT2D eigenvalue weighted by atomic mass is 35.5. The summed E-state index contributed by atoms with van der Waals surface area (Å²) in [4.78, 5) is -0.0708. The second-order valence-electron chi connectivity index (χ2n) is 4.20. The zero-order valence-corrected chi connectivity index (χ0v) is 13.6. The number of nitrogens with one attached hydrogen (secondary N) is 1. The Bertz CT molecular complexity index is 861. The minimum atomic E-state index is -3.89. The zero-order chi connectivity index (χ0) is 16.3. The quantitative estimate of drug-likeness (QED) is 0.905. The third-order valence-corrected chi connectivity index (χ3v) is 4.69. The first-order valence-electron chi connectivity index (χ1n) is 5.93. The summed E-state index contributed by atoms with van der Waals surface area (Å²) in [5, 5.41) is 9.23. The van der Waals surface area contributed by atoms with E-state index in [9.17, 15) is 8.42 Å². The molecule has 0 saturated carbocycles. The third-order valence-electron chi connectivity index (χ3n) is 2.78. The van der Waals surface area contributed by atoms with Crippen LogP contribution in [0, 0.1) is 11.3 Å². The lowest BCUT2D eigenvalue weighted by molar-refractivity contribution is 0.417. The fourth-order valence-electron chi connectivity index (χ4n) is 1.72. The number of benzene rings is 2. The summed E-state index contributed by atoms with van der Waals surface area (Å²) in [7, 11) is -2.48. The Morgan fingerprint density at radius 1 is 1.18 bits per heavy atom. The van der Waals surface area contributed by atoms with Crippen LogP contribution in [-0.2, 0) is 10.0 Å². The van der Waals surface area contributed by atoms with Crippen molar-refractivity contribution in [3.8, 4) is 11.8 Å². The number of nitriles is 1. The fraction of sp³-hybridized carbons (Fsp3) is 0.0714. The lowest BCUT2D eigenvalue weighted by atomic mass is 10.2. The molecule has 0 aromatic heterocycles. The lowest BCUT2D eigenvalue weighted by Crippen LogP contribution is -2.13. The minimum Gasteiger partial charge on any atom is -0.495 e. The van der Waals surface area contributed by atoms with E-state index in [1.54, 1.807) is 12.1 Å². The van der Waals surface area contributed by atoms with Crippen molar-refractivity contribution in [1.29, 1.82) is 5.26 Å². The Kier molecular flexibility index (Phi) is 4.81. The van der Waals surface area contributed by atoms with Crippen molar-refractivity contribution in [2.45, 2.75) is 4.90 Å². The summed E-state index contributed by atoms with van der Waals surface area (Å²) in [5.74, 6) is 0.327. The average Bonchev–Trinajstić information content (AvgIpc) is 2.47.